The van der Waals surface area contributed by atoms with Gasteiger partial charge in [-0.1, -0.05) is 0 Å². The number of rotatable bonds is 9. The normalized spacial score (nSPS) is 26.6. The molecule has 34 heavy (non-hydrogen) atoms. The standard InChI is InChI=1S/C10H15N8O13P3/c11-7-4-8(14-2-13-7)18(10(15-4)16-17-12)9-6(20)5(19)3(29-9)1-28-33(24,25)31-34(26,27)30-32(21,22)23/h2-3,5-6,9,19-20H,1H2,(H,24,25)(H,26,27)(H2,11,13,14)(H2,21,22,23)/t3-,5-,6-,9-/m1/s1/i33+1. The van der Waals surface area contributed by atoms with Gasteiger partial charge in [0.1, 0.15) is 24.6 Å². The van der Waals surface area contributed by atoms with Crippen molar-refractivity contribution >= 4 is 46.4 Å². The van der Waals surface area contributed by atoms with E-state index in [1.165, 1.54) is 0 Å². The van der Waals surface area contributed by atoms with E-state index in [4.69, 9.17) is 30.7 Å². The van der Waals surface area contributed by atoms with Gasteiger partial charge in [0.2, 0.25) is 5.95 Å². The van der Waals surface area contributed by atoms with E-state index in [0.717, 1.165) is 10.9 Å². The van der Waals surface area contributed by atoms with Gasteiger partial charge in [0, 0.05) is 4.91 Å². The van der Waals surface area contributed by atoms with Crippen LogP contribution >= 0.6 is 23.5 Å². The number of hydrogen-bond acceptors (Lipinski definition) is 14. The van der Waals surface area contributed by atoms with Gasteiger partial charge in [0.25, 0.3) is 0 Å². The lowest BCUT2D eigenvalue weighted by Gasteiger charge is -2.19. The molecule has 1 aliphatic rings. The van der Waals surface area contributed by atoms with Crippen molar-refractivity contribution in [2.75, 3.05) is 12.3 Å². The Labute approximate surface area is 186 Å². The summed E-state index contributed by atoms with van der Waals surface area (Å²) in [7, 11) is -16.9. The molecule has 24 heteroatoms. The molecule has 0 radical (unpaired) electrons. The van der Waals surface area contributed by atoms with Gasteiger partial charge in [-0.15, -0.1) is 0 Å². The highest BCUT2D eigenvalue weighted by Gasteiger charge is 2.47. The van der Waals surface area contributed by atoms with E-state index in [1.807, 2.05) is 0 Å². The molecule has 188 valence electrons. The maximum Gasteiger partial charge on any atom is 0.490 e. The average Bonchev–Trinajstić information content (AvgIpc) is 3.16. The second kappa shape index (κ2) is 9.54. The number of nitrogens with zero attached hydrogens (tertiary/aromatic N) is 7. The molecule has 2 unspecified atom stereocenters. The maximum absolute atomic E-state index is 11.9. The Bertz CT molecular complexity index is 1280. The molecule has 21 nitrogen and oxygen atoms in total. The third kappa shape index (κ3) is 5.95. The Hall–Kier alpha value is -2.05. The third-order valence-electron chi connectivity index (χ3n) is 4.03. The lowest BCUT2D eigenvalue weighted by molar-refractivity contribution is -0.0495. The fraction of sp³-hybridized carbons (Fsp3) is 0.500. The molecule has 1 fully saturated rings. The highest BCUT2D eigenvalue weighted by molar-refractivity contribution is 7.66. The molecule has 0 aromatic carbocycles. The average molecular weight is 549 g/mol. The number of aliphatic hydroxyl groups excluding tert-OH is 2. The van der Waals surface area contributed by atoms with Gasteiger partial charge in [-0.05, 0) is 10.6 Å². The monoisotopic (exact) mass is 549 g/mol. The molecule has 0 amide bonds. The summed E-state index contributed by atoms with van der Waals surface area (Å²) in [4.78, 5) is 49.9. The fourth-order valence-corrected chi connectivity index (χ4v) is 5.84. The first kappa shape index (κ1) is 26.6. The number of phosphoric ester groups is 1. The van der Waals surface area contributed by atoms with E-state index in [0.29, 0.717) is 0 Å². The first-order valence-electron chi connectivity index (χ1n) is 8.47. The third-order valence-corrected chi connectivity index (χ3v) is 7.83. The van der Waals surface area contributed by atoms with Gasteiger partial charge < -0.3 is 40.3 Å². The first-order chi connectivity index (χ1) is 15.6. The minimum Gasteiger partial charge on any atom is -0.387 e. The predicted octanol–water partition coefficient (Wildman–Crippen LogP) is -0.687. The number of hydrogen-bond donors (Lipinski definition) is 7. The van der Waals surface area contributed by atoms with Gasteiger partial charge in [-0.3, -0.25) is 9.09 Å². The molecule has 3 rings (SSSR count). The Kier molecular flexibility index (Phi) is 7.45. The zero-order chi connectivity index (χ0) is 25.5. The van der Waals surface area contributed by atoms with Crippen LogP contribution in [0.1, 0.15) is 6.23 Å². The predicted molar refractivity (Wildman–Crippen MR) is 104 cm³/mol. The van der Waals surface area contributed by atoms with Gasteiger partial charge in [0.05, 0.1) is 6.61 Å². The minimum absolute atomic E-state index is 0.0353. The summed E-state index contributed by atoms with van der Waals surface area (Å²) < 4.78 is 51.8. The first-order valence-corrected chi connectivity index (χ1v) is 13.0. The summed E-state index contributed by atoms with van der Waals surface area (Å²) in [6.07, 6.45) is -5.71. The molecule has 1 aliphatic heterocycles. The van der Waals surface area contributed by atoms with Gasteiger partial charge in [-0.25, -0.2) is 28.6 Å². The van der Waals surface area contributed by atoms with E-state index < -0.39 is 60.6 Å². The highest BCUT2D eigenvalue weighted by atomic mass is 32.2. The van der Waals surface area contributed by atoms with Crippen LogP contribution in [0.15, 0.2) is 11.4 Å². The number of imidazole rings is 1. The summed E-state index contributed by atoms with van der Waals surface area (Å²) in [6, 6.07) is 0. The number of phosphoric acid groups is 3. The molecular formula is C10H15N8O13P3. The topological polar surface area (TPSA) is 328 Å². The quantitative estimate of drug-likeness (QED) is 0.0880. The molecule has 3 heterocycles. The van der Waals surface area contributed by atoms with Gasteiger partial charge in [-0.2, -0.15) is 8.62 Å². The summed E-state index contributed by atoms with van der Waals surface area (Å²) >= 11 is 0. The van der Waals surface area contributed by atoms with Crippen molar-refractivity contribution in [2.24, 2.45) is 5.11 Å². The lowest BCUT2D eigenvalue weighted by Crippen LogP contribution is -2.33. The highest BCUT2D eigenvalue weighted by Crippen LogP contribution is 2.66. The van der Waals surface area contributed by atoms with Crippen molar-refractivity contribution in [1.82, 2.24) is 19.5 Å². The number of fused-ring (bicyclic) bond motifs is 1. The molecule has 0 bridgehead atoms. The number of nitrogens with two attached hydrogens (primary N) is 1. The second-order valence-corrected chi connectivity index (χ2v) is 10.8. The summed E-state index contributed by atoms with van der Waals surface area (Å²) in [5.74, 6) is -0.509. The minimum atomic E-state index is -5.76. The number of aliphatic hydroxyl groups is 2. The van der Waals surface area contributed by atoms with Crippen LogP contribution in [-0.2, 0) is 31.6 Å². The van der Waals surface area contributed by atoms with Gasteiger partial charge >= 0.3 is 23.5 Å². The molecule has 2 aromatic heterocycles. The number of nitrogen functional groups attached to an aromatic ring is 1. The molecule has 2 aromatic rings. The van der Waals surface area contributed by atoms with Gasteiger partial charge in [0.15, 0.2) is 23.2 Å². The number of aromatic nitrogens is 4. The Morgan fingerprint density at radius 2 is 1.82 bits per heavy atom. The smallest absolute Gasteiger partial charge is 0.387 e. The van der Waals surface area contributed by atoms with Crippen molar-refractivity contribution < 1.29 is 61.4 Å². The zero-order valence-corrected chi connectivity index (χ0v) is 18.9. The van der Waals surface area contributed by atoms with Crippen LogP contribution in [0.3, 0.4) is 0 Å². The van der Waals surface area contributed by atoms with Crippen LogP contribution in [0.2, 0.25) is 0 Å². The number of anilines is 1. The van der Waals surface area contributed by atoms with Crippen molar-refractivity contribution in [2.45, 2.75) is 24.5 Å². The van der Waals surface area contributed by atoms with Crippen molar-refractivity contribution in [1.29, 1.82) is 0 Å². The maximum atomic E-state index is 11.9. The zero-order valence-electron chi connectivity index (χ0n) is 16.2. The largest absolute Gasteiger partial charge is 0.490 e. The Balaban J connectivity index is 1.80. The molecule has 0 saturated carbocycles. The molecule has 0 spiro atoms. The molecule has 1 saturated heterocycles. The summed E-state index contributed by atoms with van der Waals surface area (Å²) in [5.41, 5.74) is 14.4. The van der Waals surface area contributed by atoms with Crippen LogP contribution in [0.25, 0.3) is 21.6 Å². The second-order valence-electron chi connectivity index (χ2n) is 6.34. The van der Waals surface area contributed by atoms with Crippen LogP contribution in [0.4, 0.5) is 11.8 Å². The van der Waals surface area contributed by atoms with E-state index in [9.17, 15) is 28.8 Å². The van der Waals surface area contributed by atoms with E-state index in [-0.39, 0.29) is 17.0 Å². The fourth-order valence-electron chi connectivity index (χ4n) is 2.81. The van der Waals surface area contributed by atoms with Crippen molar-refractivity contribution in [3.8, 4) is 0 Å². The number of azide groups is 1. The SMILES string of the molecule is [N-]=[N+]=Nc1nc2c(N)ncnc2n1[C@@H]1O[C@H](CO[32P](=O)(O)OP(=O)(O)OP(=O)(O)O)[C@@H](O)[C@H]1O. The van der Waals surface area contributed by atoms with Crippen LogP contribution < -0.4 is 5.73 Å². The Morgan fingerprint density at radius 1 is 1.15 bits per heavy atom. The van der Waals surface area contributed by atoms with Crippen molar-refractivity contribution in [3.63, 3.8) is 0 Å². The van der Waals surface area contributed by atoms with E-state index >= 15 is 0 Å². The lowest BCUT2D eigenvalue weighted by atomic mass is 10.1. The van der Waals surface area contributed by atoms with Crippen LogP contribution in [-0.4, -0.2) is 74.2 Å². The van der Waals surface area contributed by atoms with Crippen LogP contribution in [0, 0.1) is 0 Å². The molecular weight excluding hydrogens is 534 g/mol. The molecule has 0 aliphatic carbocycles. The van der Waals surface area contributed by atoms with E-state index in [2.05, 4.69) is 38.1 Å². The summed E-state index contributed by atoms with van der Waals surface area (Å²) in [6.45, 7) is -1.06. The number of ether oxygens (including phenoxy) is 1. The Morgan fingerprint density at radius 3 is 2.44 bits per heavy atom. The van der Waals surface area contributed by atoms with Crippen LogP contribution in [0.5, 0.6) is 0 Å². The molecule has 6 atom stereocenters. The summed E-state index contributed by atoms with van der Waals surface area (Å²) in [5, 5.41) is 24.0. The molecule has 8 N–H and O–H groups in total. The van der Waals surface area contributed by atoms with E-state index in [1.54, 1.807) is 0 Å². The van der Waals surface area contributed by atoms with Crippen molar-refractivity contribution in [3.05, 3.63) is 16.8 Å².